The van der Waals surface area contributed by atoms with Crippen LogP contribution >= 0.6 is 11.6 Å². The van der Waals surface area contributed by atoms with Crippen molar-refractivity contribution in [2.45, 2.75) is 20.5 Å². The van der Waals surface area contributed by atoms with Gasteiger partial charge in [-0.2, -0.15) is 0 Å². The third kappa shape index (κ3) is 3.47. The highest BCUT2D eigenvalue weighted by Crippen LogP contribution is 2.15. The zero-order valence-corrected chi connectivity index (χ0v) is 8.51. The van der Waals surface area contributed by atoms with Crippen molar-refractivity contribution in [2.24, 2.45) is 5.16 Å². The van der Waals surface area contributed by atoms with Crippen molar-refractivity contribution >= 4 is 17.3 Å². The maximum absolute atomic E-state index is 5.91. The van der Waals surface area contributed by atoms with Crippen molar-refractivity contribution < 1.29 is 4.84 Å². The van der Waals surface area contributed by atoms with Crippen molar-refractivity contribution in [3.8, 4) is 0 Å². The zero-order valence-electron chi connectivity index (χ0n) is 7.75. The van der Waals surface area contributed by atoms with E-state index in [0.717, 1.165) is 11.3 Å². The molecule has 3 heteroatoms. The second-order valence-electron chi connectivity index (χ2n) is 2.90. The molecule has 0 aliphatic carbocycles. The number of hydrogen-bond acceptors (Lipinski definition) is 2. The molecule has 0 fully saturated rings. The molecular formula is C10H12ClNO. The predicted octanol–water partition coefficient (Wildman–Crippen LogP) is 3.25. The van der Waals surface area contributed by atoms with Crippen molar-refractivity contribution in [2.75, 3.05) is 0 Å². The van der Waals surface area contributed by atoms with E-state index in [0.29, 0.717) is 11.6 Å². The van der Waals surface area contributed by atoms with Crippen LogP contribution in [0.2, 0.25) is 5.02 Å². The molecule has 0 radical (unpaired) electrons. The standard InChI is InChI=1S/C10H12ClNO/c1-8(2)12-13-7-9-5-3-4-6-10(9)11/h3-6H,7H2,1-2H3. The molecular weight excluding hydrogens is 186 g/mol. The van der Waals surface area contributed by atoms with Crippen LogP contribution in [0.4, 0.5) is 0 Å². The number of benzene rings is 1. The first-order chi connectivity index (χ1) is 6.20. The fraction of sp³-hybridized carbons (Fsp3) is 0.300. The molecule has 0 atom stereocenters. The highest BCUT2D eigenvalue weighted by Gasteiger charge is 1.97. The molecule has 0 aliphatic rings. The van der Waals surface area contributed by atoms with E-state index in [2.05, 4.69) is 5.16 Å². The van der Waals surface area contributed by atoms with Crippen LogP contribution in [0, 0.1) is 0 Å². The van der Waals surface area contributed by atoms with Gasteiger partial charge in [-0.15, -0.1) is 0 Å². The summed E-state index contributed by atoms with van der Waals surface area (Å²) in [7, 11) is 0. The molecule has 13 heavy (non-hydrogen) atoms. The number of rotatable bonds is 3. The van der Waals surface area contributed by atoms with E-state index in [9.17, 15) is 0 Å². The molecule has 2 nitrogen and oxygen atoms in total. The first-order valence-corrected chi connectivity index (χ1v) is 4.44. The van der Waals surface area contributed by atoms with Crippen LogP contribution < -0.4 is 0 Å². The lowest BCUT2D eigenvalue weighted by molar-refractivity contribution is 0.130. The number of nitrogens with zero attached hydrogens (tertiary/aromatic N) is 1. The summed E-state index contributed by atoms with van der Waals surface area (Å²) in [5.74, 6) is 0. The molecule has 1 rings (SSSR count). The molecule has 0 N–H and O–H groups in total. The average Bonchev–Trinajstić information content (AvgIpc) is 2.08. The summed E-state index contributed by atoms with van der Waals surface area (Å²) in [6.07, 6.45) is 0. The van der Waals surface area contributed by atoms with Crippen LogP contribution in [0.5, 0.6) is 0 Å². The molecule has 70 valence electrons. The third-order valence-corrected chi connectivity index (χ3v) is 1.79. The van der Waals surface area contributed by atoms with Crippen molar-refractivity contribution in [3.05, 3.63) is 34.9 Å². The van der Waals surface area contributed by atoms with Crippen LogP contribution in [0.3, 0.4) is 0 Å². The lowest BCUT2D eigenvalue weighted by atomic mass is 10.2. The highest BCUT2D eigenvalue weighted by atomic mass is 35.5. The van der Waals surface area contributed by atoms with Crippen molar-refractivity contribution in [3.63, 3.8) is 0 Å². The Morgan fingerprint density at radius 3 is 2.69 bits per heavy atom. The number of oxime groups is 1. The average molecular weight is 198 g/mol. The monoisotopic (exact) mass is 197 g/mol. The maximum Gasteiger partial charge on any atom is 0.143 e. The second kappa shape index (κ2) is 4.87. The summed E-state index contributed by atoms with van der Waals surface area (Å²) in [6, 6.07) is 7.57. The Balaban J connectivity index is 2.55. The van der Waals surface area contributed by atoms with E-state index < -0.39 is 0 Å². The van der Waals surface area contributed by atoms with E-state index in [-0.39, 0.29) is 0 Å². The van der Waals surface area contributed by atoms with E-state index in [1.807, 2.05) is 38.1 Å². The lowest BCUT2D eigenvalue weighted by Gasteiger charge is -2.01. The molecule has 0 unspecified atom stereocenters. The minimum Gasteiger partial charge on any atom is -0.391 e. The van der Waals surface area contributed by atoms with Gasteiger partial charge in [0.1, 0.15) is 6.61 Å². The minimum absolute atomic E-state index is 0.421. The van der Waals surface area contributed by atoms with E-state index >= 15 is 0 Å². The fourth-order valence-electron chi connectivity index (χ4n) is 0.846. The SMILES string of the molecule is CC(C)=NOCc1ccccc1Cl. The first-order valence-electron chi connectivity index (χ1n) is 4.06. The van der Waals surface area contributed by atoms with E-state index in [1.165, 1.54) is 0 Å². The summed E-state index contributed by atoms with van der Waals surface area (Å²) >= 11 is 5.91. The third-order valence-electron chi connectivity index (χ3n) is 1.43. The molecule has 0 bridgehead atoms. The molecule has 0 amide bonds. The smallest absolute Gasteiger partial charge is 0.143 e. The number of halogens is 1. The second-order valence-corrected chi connectivity index (χ2v) is 3.31. The topological polar surface area (TPSA) is 21.6 Å². The van der Waals surface area contributed by atoms with Crippen molar-refractivity contribution in [1.82, 2.24) is 0 Å². The quantitative estimate of drug-likeness (QED) is 0.539. The molecule has 1 aromatic carbocycles. The van der Waals surface area contributed by atoms with Crippen molar-refractivity contribution in [1.29, 1.82) is 0 Å². The summed E-state index contributed by atoms with van der Waals surface area (Å²) in [5, 5.41) is 4.53. The maximum atomic E-state index is 5.91. The van der Waals surface area contributed by atoms with Gasteiger partial charge < -0.3 is 4.84 Å². The van der Waals surface area contributed by atoms with Crippen LogP contribution in [0.1, 0.15) is 19.4 Å². The van der Waals surface area contributed by atoms with Crippen LogP contribution in [-0.4, -0.2) is 5.71 Å². The Kier molecular flexibility index (Phi) is 3.77. The Morgan fingerprint density at radius 2 is 2.08 bits per heavy atom. The molecule has 0 aliphatic heterocycles. The van der Waals surface area contributed by atoms with Gasteiger partial charge >= 0.3 is 0 Å². The predicted molar refractivity (Wildman–Crippen MR) is 55.0 cm³/mol. The summed E-state index contributed by atoms with van der Waals surface area (Å²) < 4.78 is 0. The molecule has 1 aromatic rings. The summed E-state index contributed by atoms with van der Waals surface area (Å²) in [5.41, 5.74) is 1.85. The molecule has 0 saturated heterocycles. The lowest BCUT2D eigenvalue weighted by Crippen LogP contribution is -1.90. The first kappa shape index (κ1) is 10.1. The van der Waals surface area contributed by atoms with Gasteiger partial charge in [0.05, 0.1) is 5.71 Å². The summed E-state index contributed by atoms with van der Waals surface area (Å²) in [4.78, 5) is 5.07. The van der Waals surface area contributed by atoms with E-state index in [1.54, 1.807) is 0 Å². The van der Waals surface area contributed by atoms with Gasteiger partial charge in [-0.3, -0.25) is 0 Å². The molecule has 0 saturated carbocycles. The van der Waals surface area contributed by atoms with Gasteiger partial charge in [0, 0.05) is 10.6 Å². The highest BCUT2D eigenvalue weighted by molar-refractivity contribution is 6.31. The van der Waals surface area contributed by atoms with Gasteiger partial charge in [-0.1, -0.05) is 35.0 Å². The molecule has 0 aromatic heterocycles. The molecule has 0 spiro atoms. The minimum atomic E-state index is 0.421. The molecule has 0 heterocycles. The Labute approximate surface area is 83.2 Å². The van der Waals surface area contributed by atoms with Crippen LogP contribution in [0.25, 0.3) is 0 Å². The van der Waals surface area contributed by atoms with Gasteiger partial charge in [-0.05, 0) is 19.9 Å². The Bertz CT molecular complexity index is 306. The Hall–Kier alpha value is -1.02. The van der Waals surface area contributed by atoms with Crippen LogP contribution in [0.15, 0.2) is 29.4 Å². The Morgan fingerprint density at radius 1 is 1.38 bits per heavy atom. The zero-order chi connectivity index (χ0) is 9.68. The van der Waals surface area contributed by atoms with Gasteiger partial charge in [0.15, 0.2) is 0 Å². The number of hydrogen-bond donors (Lipinski definition) is 0. The largest absolute Gasteiger partial charge is 0.391 e. The van der Waals surface area contributed by atoms with Gasteiger partial charge in [-0.25, -0.2) is 0 Å². The van der Waals surface area contributed by atoms with Crippen LogP contribution in [-0.2, 0) is 11.4 Å². The summed E-state index contributed by atoms with van der Waals surface area (Å²) in [6.45, 7) is 4.18. The fourth-order valence-corrected chi connectivity index (χ4v) is 1.04. The normalized spacial score (nSPS) is 9.46. The van der Waals surface area contributed by atoms with Gasteiger partial charge in [0.25, 0.3) is 0 Å². The van der Waals surface area contributed by atoms with E-state index in [4.69, 9.17) is 16.4 Å². The van der Waals surface area contributed by atoms with Gasteiger partial charge in [0.2, 0.25) is 0 Å².